The highest BCUT2D eigenvalue weighted by molar-refractivity contribution is 5.46. The molecule has 4 heteroatoms. The Bertz CT molecular complexity index is 331. The van der Waals surface area contributed by atoms with E-state index >= 15 is 0 Å². The molecule has 3 nitrogen and oxygen atoms in total. The number of benzene rings is 1. The molecular weight excluding hydrogens is 221 g/mol. The summed E-state index contributed by atoms with van der Waals surface area (Å²) >= 11 is 0. The van der Waals surface area contributed by atoms with Gasteiger partial charge in [-0.25, -0.2) is 4.39 Å². The zero-order valence-electron chi connectivity index (χ0n) is 10.5. The first-order chi connectivity index (χ1) is 8.33. The molecule has 0 radical (unpaired) electrons. The molecule has 0 saturated heterocycles. The summed E-state index contributed by atoms with van der Waals surface area (Å²) in [5.41, 5.74) is 0.992. The molecule has 0 spiro atoms. The van der Waals surface area contributed by atoms with Gasteiger partial charge in [0.25, 0.3) is 0 Å². The van der Waals surface area contributed by atoms with Crippen LogP contribution in [-0.4, -0.2) is 26.4 Å². The van der Waals surface area contributed by atoms with Crippen LogP contribution in [0.15, 0.2) is 18.2 Å². The van der Waals surface area contributed by atoms with E-state index in [0.29, 0.717) is 24.7 Å². The van der Waals surface area contributed by atoms with E-state index in [1.807, 2.05) is 32.0 Å². The lowest BCUT2D eigenvalue weighted by molar-refractivity contribution is 0.249. The number of hydrogen-bond donors (Lipinski definition) is 1. The third-order valence-corrected chi connectivity index (χ3v) is 2.25. The topological polar surface area (TPSA) is 30.5 Å². The molecule has 0 aliphatic rings. The highest BCUT2D eigenvalue weighted by atomic mass is 19.1. The largest absolute Gasteiger partial charge is 0.490 e. The Labute approximate surface area is 102 Å². The van der Waals surface area contributed by atoms with Gasteiger partial charge in [0.15, 0.2) is 11.5 Å². The van der Waals surface area contributed by atoms with E-state index in [1.54, 1.807) is 0 Å². The van der Waals surface area contributed by atoms with Crippen molar-refractivity contribution in [2.75, 3.05) is 26.4 Å². The molecule has 0 heterocycles. The minimum atomic E-state index is -0.499. The SMILES string of the molecule is CCNCc1cccc(OCC)c1OCCF. The van der Waals surface area contributed by atoms with Gasteiger partial charge in [0.05, 0.1) is 6.61 Å². The van der Waals surface area contributed by atoms with Crippen LogP contribution in [0.5, 0.6) is 11.5 Å². The third kappa shape index (κ3) is 4.23. The fraction of sp³-hybridized carbons (Fsp3) is 0.538. The van der Waals surface area contributed by atoms with Gasteiger partial charge in [0.2, 0.25) is 0 Å². The molecule has 0 saturated carbocycles. The second-order valence-corrected chi connectivity index (χ2v) is 3.50. The van der Waals surface area contributed by atoms with Gasteiger partial charge in [-0.05, 0) is 19.5 Å². The van der Waals surface area contributed by atoms with Crippen molar-refractivity contribution in [1.82, 2.24) is 5.32 Å². The number of ether oxygens (including phenoxy) is 2. The molecule has 1 rings (SSSR count). The Kier molecular flexibility index (Phi) is 6.40. The van der Waals surface area contributed by atoms with Crippen molar-refractivity contribution in [2.24, 2.45) is 0 Å². The van der Waals surface area contributed by atoms with Crippen molar-refractivity contribution < 1.29 is 13.9 Å². The van der Waals surface area contributed by atoms with Crippen LogP contribution in [0.4, 0.5) is 4.39 Å². The smallest absolute Gasteiger partial charge is 0.165 e. The van der Waals surface area contributed by atoms with Crippen LogP contribution in [0.2, 0.25) is 0 Å². The molecular formula is C13H20FNO2. The summed E-state index contributed by atoms with van der Waals surface area (Å²) in [6.07, 6.45) is 0. The lowest BCUT2D eigenvalue weighted by Crippen LogP contribution is -2.14. The summed E-state index contributed by atoms with van der Waals surface area (Å²) in [6, 6.07) is 5.71. The molecule has 0 aliphatic carbocycles. The Balaban J connectivity index is 2.87. The van der Waals surface area contributed by atoms with E-state index in [1.165, 1.54) is 0 Å². The predicted octanol–water partition coefficient (Wildman–Crippen LogP) is 2.54. The summed E-state index contributed by atoms with van der Waals surface area (Å²) < 4.78 is 23.1. The van der Waals surface area contributed by atoms with Gasteiger partial charge < -0.3 is 14.8 Å². The fourth-order valence-corrected chi connectivity index (χ4v) is 1.53. The van der Waals surface area contributed by atoms with Crippen LogP contribution < -0.4 is 14.8 Å². The van der Waals surface area contributed by atoms with Crippen molar-refractivity contribution in [3.05, 3.63) is 23.8 Å². The van der Waals surface area contributed by atoms with E-state index in [2.05, 4.69) is 5.32 Å². The van der Waals surface area contributed by atoms with Crippen molar-refractivity contribution in [3.8, 4) is 11.5 Å². The first-order valence-corrected chi connectivity index (χ1v) is 5.97. The van der Waals surface area contributed by atoms with E-state index < -0.39 is 6.67 Å². The van der Waals surface area contributed by atoms with E-state index in [-0.39, 0.29) is 6.61 Å². The first-order valence-electron chi connectivity index (χ1n) is 5.97. The average molecular weight is 241 g/mol. The summed E-state index contributed by atoms with van der Waals surface area (Å²) in [7, 11) is 0. The highest BCUT2D eigenvalue weighted by Crippen LogP contribution is 2.31. The van der Waals surface area contributed by atoms with Crippen LogP contribution in [0.25, 0.3) is 0 Å². The highest BCUT2D eigenvalue weighted by Gasteiger charge is 2.10. The van der Waals surface area contributed by atoms with Gasteiger partial charge >= 0.3 is 0 Å². The predicted molar refractivity (Wildman–Crippen MR) is 66.5 cm³/mol. The maximum absolute atomic E-state index is 12.2. The molecule has 1 aromatic rings. The lowest BCUT2D eigenvalue weighted by Gasteiger charge is -2.15. The van der Waals surface area contributed by atoms with Crippen molar-refractivity contribution in [1.29, 1.82) is 0 Å². The van der Waals surface area contributed by atoms with Crippen LogP contribution >= 0.6 is 0 Å². The minimum Gasteiger partial charge on any atom is -0.490 e. The van der Waals surface area contributed by atoms with Crippen molar-refractivity contribution >= 4 is 0 Å². The molecule has 96 valence electrons. The molecule has 1 N–H and O–H groups in total. The Hall–Kier alpha value is -1.29. The second kappa shape index (κ2) is 7.90. The summed E-state index contributed by atoms with van der Waals surface area (Å²) in [5, 5.41) is 3.22. The van der Waals surface area contributed by atoms with Crippen LogP contribution in [0.1, 0.15) is 19.4 Å². The van der Waals surface area contributed by atoms with E-state index in [4.69, 9.17) is 9.47 Å². The lowest BCUT2D eigenvalue weighted by atomic mass is 10.2. The van der Waals surface area contributed by atoms with Crippen LogP contribution in [0.3, 0.4) is 0 Å². The molecule has 0 fully saturated rings. The number of alkyl halides is 1. The van der Waals surface area contributed by atoms with Gasteiger partial charge in [0, 0.05) is 12.1 Å². The van der Waals surface area contributed by atoms with Crippen LogP contribution in [-0.2, 0) is 6.54 Å². The van der Waals surface area contributed by atoms with Gasteiger partial charge in [-0.15, -0.1) is 0 Å². The monoisotopic (exact) mass is 241 g/mol. The number of rotatable bonds is 8. The molecule has 17 heavy (non-hydrogen) atoms. The zero-order chi connectivity index (χ0) is 12.5. The summed E-state index contributed by atoms with van der Waals surface area (Å²) in [6.45, 7) is 5.64. The van der Waals surface area contributed by atoms with Crippen molar-refractivity contribution in [2.45, 2.75) is 20.4 Å². The van der Waals surface area contributed by atoms with Crippen molar-refractivity contribution in [3.63, 3.8) is 0 Å². The quantitative estimate of drug-likeness (QED) is 0.758. The Morgan fingerprint density at radius 3 is 2.71 bits per heavy atom. The zero-order valence-corrected chi connectivity index (χ0v) is 10.5. The molecule has 0 amide bonds. The molecule has 0 aliphatic heterocycles. The maximum Gasteiger partial charge on any atom is 0.165 e. The Morgan fingerprint density at radius 1 is 1.24 bits per heavy atom. The fourth-order valence-electron chi connectivity index (χ4n) is 1.53. The molecule has 0 atom stereocenters. The molecule has 1 aromatic carbocycles. The molecule has 0 bridgehead atoms. The number of halogens is 1. The first kappa shape index (κ1) is 13.8. The van der Waals surface area contributed by atoms with E-state index in [9.17, 15) is 4.39 Å². The van der Waals surface area contributed by atoms with E-state index in [0.717, 1.165) is 12.1 Å². The second-order valence-electron chi connectivity index (χ2n) is 3.50. The minimum absolute atomic E-state index is 0.0587. The van der Waals surface area contributed by atoms with Gasteiger partial charge in [-0.2, -0.15) is 0 Å². The normalized spacial score (nSPS) is 10.3. The van der Waals surface area contributed by atoms with Gasteiger partial charge in [-0.1, -0.05) is 19.1 Å². The third-order valence-electron chi connectivity index (χ3n) is 2.25. The summed E-state index contributed by atoms with van der Waals surface area (Å²) in [5.74, 6) is 1.32. The Morgan fingerprint density at radius 2 is 2.06 bits per heavy atom. The number of hydrogen-bond acceptors (Lipinski definition) is 3. The average Bonchev–Trinajstić information content (AvgIpc) is 2.35. The number of nitrogens with one attached hydrogen (secondary N) is 1. The number of para-hydroxylation sites is 1. The van der Waals surface area contributed by atoms with Gasteiger partial charge in [-0.3, -0.25) is 0 Å². The molecule has 0 unspecified atom stereocenters. The van der Waals surface area contributed by atoms with Gasteiger partial charge in [0.1, 0.15) is 13.3 Å². The summed E-state index contributed by atoms with van der Waals surface area (Å²) in [4.78, 5) is 0. The van der Waals surface area contributed by atoms with Crippen LogP contribution in [0, 0.1) is 0 Å². The maximum atomic E-state index is 12.2. The standard InChI is InChI=1S/C13H20FNO2/c1-3-15-10-11-6-5-7-12(16-4-2)13(11)17-9-8-14/h5-7,15H,3-4,8-10H2,1-2H3. The molecule has 0 aromatic heterocycles.